The van der Waals surface area contributed by atoms with Crippen LogP contribution in [0.3, 0.4) is 0 Å². The van der Waals surface area contributed by atoms with E-state index in [1.807, 2.05) is 6.92 Å². The molecular weight excluding hydrogens is 363 g/mol. The van der Waals surface area contributed by atoms with Gasteiger partial charge in [-0.25, -0.2) is 18.7 Å². The van der Waals surface area contributed by atoms with E-state index in [0.717, 1.165) is 5.69 Å². The lowest BCUT2D eigenvalue weighted by Gasteiger charge is -2.04. The molecule has 4 aromatic rings. The van der Waals surface area contributed by atoms with Crippen LogP contribution in [-0.2, 0) is 0 Å². The zero-order valence-electron chi connectivity index (χ0n) is 14.7. The first-order valence-corrected chi connectivity index (χ1v) is 8.32. The third-order valence-electron chi connectivity index (χ3n) is 4.05. The molecule has 0 aliphatic rings. The summed E-state index contributed by atoms with van der Waals surface area (Å²) >= 11 is 0. The first-order valence-electron chi connectivity index (χ1n) is 8.32. The Morgan fingerprint density at radius 3 is 2.25 bits per heavy atom. The molecule has 0 atom stereocenters. The van der Waals surface area contributed by atoms with Crippen LogP contribution in [0.4, 0.5) is 4.39 Å². The minimum atomic E-state index is -0.734. The van der Waals surface area contributed by atoms with Gasteiger partial charge in [-0.15, -0.1) is 5.10 Å². The van der Waals surface area contributed by atoms with Crippen LogP contribution in [-0.4, -0.2) is 31.3 Å². The van der Waals surface area contributed by atoms with E-state index in [0.29, 0.717) is 16.9 Å². The molecule has 0 bridgehead atoms. The van der Waals surface area contributed by atoms with E-state index in [9.17, 15) is 14.0 Å². The van der Waals surface area contributed by atoms with E-state index in [-0.39, 0.29) is 17.4 Å². The SMILES string of the molecule is Cc1ccnc2nc(C(=O)Oc3ccc(C(=O)c4ccc(F)cc4)cc3)nn12. The number of benzene rings is 2. The van der Waals surface area contributed by atoms with Crippen LogP contribution in [0.5, 0.6) is 5.75 Å². The maximum Gasteiger partial charge on any atom is 0.383 e. The normalized spacial score (nSPS) is 10.8. The van der Waals surface area contributed by atoms with Crippen molar-refractivity contribution in [3.05, 3.63) is 89.3 Å². The van der Waals surface area contributed by atoms with Crippen molar-refractivity contribution in [1.82, 2.24) is 19.6 Å². The molecule has 0 aliphatic carbocycles. The maximum atomic E-state index is 13.0. The fourth-order valence-corrected chi connectivity index (χ4v) is 2.59. The Hall–Kier alpha value is -3.94. The molecule has 2 heterocycles. The number of hydrogen-bond donors (Lipinski definition) is 0. The monoisotopic (exact) mass is 376 g/mol. The summed E-state index contributed by atoms with van der Waals surface area (Å²) in [4.78, 5) is 32.7. The lowest BCUT2D eigenvalue weighted by Crippen LogP contribution is -2.11. The molecule has 28 heavy (non-hydrogen) atoms. The van der Waals surface area contributed by atoms with Gasteiger partial charge in [-0.1, -0.05) is 0 Å². The third kappa shape index (κ3) is 3.35. The van der Waals surface area contributed by atoms with Crippen molar-refractivity contribution in [3.8, 4) is 5.75 Å². The zero-order valence-corrected chi connectivity index (χ0v) is 14.7. The Labute approximate surface area is 158 Å². The van der Waals surface area contributed by atoms with E-state index in [1.54, 1.807) is 12.3 Å². The summed E-state index contributed by atoms with van der Waals surface area (Å²) in [5, 5.41) is 4.08. The fraction of sp³-hybridized carbons (Fsp3) is 0.0500. The number of aryl methyl sites for hydroxylation is 1. The average molecular weight is 376 g/mol. The fourth-order valence-electron chi connectivity index (χ4n) is 2.59. The minimum absolute atomic E-state index is 0.117. The molecule has 0 spiro atoms. The molecule has 7 nitrogen and oxygen atoms in total. The summed E-state index contributed by atoms with van der Waals surface area (Å²) in [5.41, 5.74) is 1.53. The predicted molar refractivity (Wildman–Crippen MR) is 96.8 cm³/mol. The van der Waals surface area contributed by atoms with Crippen LogP contribution in [0, 0.1) is 12.7 Å². The van der Waals surface area contributed by atoms with Gasteiger partial charge in [0.2, 0.25) is 0 Å². The Balaban J connectivity index is 1.50. The third-order valence-corrected chi connectivity index (χ3v) is 4.05. The number of hydrogen-bond acceptors (Lipinski definition) is 6. The number of rotatable bonds is 4. The van der Waals surface area contributed by atoms with E-state index in [1.165, 1.54) is 53.0 Å². The summed E-state index contributed by atoms with van der Waals surface area (Å²) in [7, 11) is 0. The predicted octanol–water partition coefficient (Wildman–Crippen LogP) is 3.02. The number of fused-ring (bicyclic) bond motifs is 1. The highest BCUT2D eigenvalue weighted by Crippen LogP contribution is 2.17. The lowest BCUT2D eigenvalue weighted by molar-refractivity contribution is 0.0722. The van der Waals surface area contributed by atoms with Gasteiger partial charge in [0.25, 0.3) is 11.6 Å². The second-order valence-electron chi connectivity index (χ2n) is 5.98. The number of ketones is 1. The zero-order chi connectivity index (χ0) is 19.7. The van der Waals surface area contributed by atoms with Gasteiger partial charge in [-0.05, 0) is 61.5 Å². The number of esters is 1. The average Bonchev–Trinajstić information content (AvgIpc) is 3.15. The second kappa shape index (κ2) is 6.99. The lowest BCUT2D eigenvalue weighted by atomic mass is 10.0. The largest absolute Gasteiger partial charge is 0.421 e. The van der Waals surface area contributed by atoms with Crippen LogP contribution in [0.1, 0.15) is 32.2 Å². The number of ether oxygens (including phenoxy) is 1. The number of aromatic nitrogens is 4. The quantitative estimate of drug-likeness (QED) is 0.309. The van der Waals surface area contributed by atoms with E-state index in [4.69, 9.17) is 4.74 Å². The first-order chi connectivity index (χ1) is 13.5. The topological polar surface area (TPSA) is 86.5 Å². The van der Waals surface area contributed by atoms with Crippen LogP contribution in [0.25, 0.3) is 5.78 Å². The Morgan fingerprint density at radius 1 is 0.964 bits per heavy atom. The van der Waals surface area contributed by atoms with Gasteiger partial charge in [-0.2, -0.15) is 4.98 Å². The van der Waals surface area contributed by atoms with Gasteiger partial charge in [0.05, 0.1) is 0 Å². The summed E-state index contributed by atoms with van der Waals surface area (Å²) in [6, 6.07) is 13.1. The number of halogens is 1. The highest BCUT2D eigenvalue weighted by atomic mass is 19.1. The standard InChI is InChI=1S/C20H13FN4O3/c1-12-10-11-22-20-23-18(24-25(12)20)19(27)28-16-8-4-14(5-9-16)17(26)13-2-6-15(21)7-3-13/h2-11H,1H3. The van der Waals surface area contributed by atoms with E-state index < -0.39 is 11.8 Å². The van der Waals surface area contributed by atoms with Gasteiger partial charge in [0.15, 0.2) is 5.78 Å². The van der Waals surface area contributed by atoms with Crippen molar-refractivity contribution in [2.75, 3.05) is 0 Å². The number of nitrogens with zero attached hydrogens (tertiary/aromatic N) is 4. The van der Waals surface area contributed by atoms with Crippen molar-refractivity contribution in [1.29, 1.82) is 0 Å². The Bertz CT molecular complexity index is 1180. The molecule has 138 valence electrons. The van der Waals surface area contributed by atoms with E-state index in [2.05, 4.69) is 15.1 Å². The van der Waals surface area contributed by atoms with E-state index >= 15 is 0 Å². The molecule has 0 unspecified atom stereocenters. The smallest absolute Gasteiger partial charge is 0.383 e. The maximum absolute atomic E-state index is 13.0. The van der Waals surface area contributed by atoms with Crippen LogP contribution < -0.4 is 4.74 Å². The number of carbonyl (C=O) groups is 2. The molecule has 0 fully saturated rings. The summed E-state index contributed by atoms with van der Waals surface area (Å²) in [6.07, 6.45) is 1.57. The second-order valence-corrected chi connectivity index (χ2v) is 5.98. The molecule has 0 saturated heterocycles. The summed E-state index contributed by atoms with van der Waals surface area (Å²) in [6.45, 7) is 1.81. The van der Waals surface area contributed by atoms with Crippen molar-refractivity contribution in [3.63, 3.8) is 0 Å². The highest BCUT2D eigenvalue weighted by molar-refractivity contribution is 6.09. The molecular formula is C20H13FN4O3. The van der Waals surface area contributed by atoms with Crippen molar-refractivity contribution in [2.24, 2.45) is 0 Å². The Kier molecular flexibility index (Phi) is 4.36. The van der Waals surface area contributed by atoms with Crippen LogP contribution >= 0.6 is 0 Å². The van der Waals surface area contributed by atoms with Gasteiger partial charge >= 0.3 is 5.97 Å². The molecule has 0 aliphatic heterocycles. The van der Waals surface area contributed by atoms with Crippen LogP contribution in [0.15, 0.2) is 60.8 Å². The van der Waals surface area contributed by atoms with Gasteiger partial charge < -0.3 is 4.74 Å². The molecule has 8 heteroatoms. The van der Waals surface area contributed by atoms with Gasteiger partial charge in [-0.3, -0.25) is 4.79 Å². The molecule has 4 rings (SSSR count). The molecule has 0 amide bonds. The molecule has 2 aromatic heterocycles. The van der Waals surface area contributed by atoms with Crippen LogP contribution in [0.2, 0.25) is 0 Å². The molecule has 0 radical (unpaired) electrons. The van der Waals surface area contributed by atoms with Gasteiger partial charge in [0.1, 0.15) is 11.6 Å². The summed E-state index contributed by atoms with van der Waals surface area (Å²) in [5.74, 6) is -0.988. The molecule has 0 saturated carbocycles. The molecule has 0 N–H and O–H groups in total. The first kappa shape index (κ1) is 17.5. The minimum Gasteiger partial charge on any atom is -0.421 e. The van der Waals surface area contributed by atoms with Gasteiger partial charge in [0, 0.05) is 23.0 Å². The van der Waals surface area contributed by atoms with Crippen molar-refractivity contribution >= 4 is 17.5 Å². The Morgan fingerprint density at radius 2 is 1.61 bits per heavy atom. The number of carbonyl (C=O) groups excluding carboxylic acids is 2. The highest BCUT2D eigenvalue weighted by Gasteiger charge is 2.17. The van der Waals surface area contributed by atoms with Crippen molar-refractivity contribution < 1.29 is 18.7 Å². The molecule has 2 aromatic carbocycles. The van der Waals surface area contributed by atoms with Crippen molar-refractivity contribution in [2.45, 2.75) is 6.92 Å². The summed E-state index contributed by atoms with van der Waals surface area (Å²) < 4.78 is 19.7.